The third-order valence-electron chi connectivity index (χ3n) is 6.66. The van der Waals surface area contributed by atoms with Crippen molar-refractivity contribution in [2.75, 3.05) is 0 Å². The summed E-state index contributed by atoms with van der Waals surface area (Å²) in [5.74, 6) is -0.225. The number of carbonyl (C=O) groups excluding carboxylic acids is 2. The van der Waals surface area contributed by atoms with E-state index in [1.165, 1.54) is 17.7 Å². The van der Waals surface area contributed by atoms with Gasteiger partial charge in [-0.2, -0.15) is 5.10 Å². The number of nitrogens with two attached hydrogens (primary N) is 1. The van der Waals surface area contributed by atoms with Crippen molar-refractivity contribution in [3.8, 4) is 22.8 Å². The lowest BCUT2D eigenvalue weighted by Crippen LogP contribution is -2.45. The fraction of sp³-hybridized carbons (Fsp3) is 0.290. The second-order valence-corrected chi connectivity index (χ2v) is 9.99. The summed E-state index contributed by atoms with van der Waals surface area (Å²) in [7, 11) is 0. The monoisotopic (exact) mass is 525 g/mol. The van der Waals surface area contributed by atoms with E-state index in [9.17, 15) is 14.7 Å². The molecule has 0 bridgehead atoms. The number of aryl methyl sites for hydroxylation is 1. The van der Waals surface area contributed by atoms with E-state index in [-0.39, 0.29) is 24.5 Å². The number of benzene rings is 2. The van der Waals surface area contributed by atoms with Crippen LogP contribution in [0.4, 0.5) is 0 Å². The van der Waals surface area contributed by atoms with Crippen LogP contribution in [0.25, 0.3) is 17.1 Å². The molecule has 1 atom stereocenters. The van der Waals surface area contributed by atoms with Crippen molar-refractivity contribution in [1.29, 1.82) is 0 Å². The number of aromatic hydroxyl groups is 1. The molecule has 4 N–H and O–H groups in total. The second kappa shape index (κ2) is 12.9. The Labute approximate surface area is 228 Å². The van der Waals surface area contributed by atoms with Gasteiger partial charge in [-0.25, -0.2) is 4.68 Å². The van der Waals surface area contributed by atoms with E-state index < -0.39 is 11.9 Å². The molecule has 2 aromatic heterocycles. The van der Waals surface area contributed by atoms with Crippen molar-refractivity contribution in [1.82, 2.24) is 20.1 Å². The summed E-state index contributed by atoms with van der Waals surface area (Å²) in [5.41, 5.74) is 11.2. The first-order valence-corrected chi connectivity index (χ1v) is 13.3. The normalized spacial score (nSPS) is 11.9. The Hall–Kier alpha value is -4.46. The zero-order valence-electron chi connectivity index (χ0n) is 22.4. The number of carbonyl (C=O) groups is 2. The van der Waals surface area contributed by atoms with E-state index in [1.807, 2.05) is 22.9 Å². The SMILES string of the molecule is CC(C)c1ccc(-n2nc(-c3ccccn3)cc2CCCCC(=O)N[C@H](Cc2ccc(O)cc2)C(N)=O)cc1. The van der Waals surface area contributed by atoms with Gasteiger partial charge in [0.2, 0.25) is 11.8 Å². The maximum atomic E-state index is 12.6. The number of nitrogens with one attached hydrogen (secondary N) is 1. The van der Waals surface area contributed by atoms with Gasteiger partial charge in [0.05, 0.1) is 11.4 Å². The molecule has 2 aromatic carbocycles. The lowest BCUT2D eigenvalue weighted by Gasteiger charge is -2.16. The molecule has 2 heterocycles. The molecule has 39 heavy (non-hydrogen) atoms. The summed E-state index contributed by atoms with van der Waals surface area (Å²) in [6, 6.07) is 21.9. The number of phenols is 1. The van der Waals surface area contributed by atoms with Crippen LogP contribution in [0.2, 0.25) is 0 Å². The van der Waals surface area contributed by atoms with E-state index in [4.69, 9.17) is 10.8 Å². The molecule has 0 fully saturated rings. The molecule has 0 aliphatic rings. The van der Waals surface area contributed by atoms with Crippen LogP contribution in [-0.4, -0.2) is 37.7 Å². The van der Waals surface area contributed by atoms with Crippen LogP contribution in [0.5, 0.6) is 5.75 Å². The first kappa shape index (κ1) is 27.6. The second-order valence-electron chi connectivity index (χ2n) is 9.99. The Bertz CT molecular complexity index is 1380. The van der Waals surface area contributed by atoms with Gasteiger partial charge < -0.3 is 16.2 Å². The van der Waals surface area contributed by atoms with Crippen LogP contribution in [0.15, 0.2) is 79.0 Å². The molecule has 8 nitrogen and oxygen atoms in total. The average Bonchev–Trinajstić information content (AvgIpc) is 3.36. The minimum Gasteiger partial charge on any atom is -0.508 e. The number of primary amides is 1. The Kier molecular flexibility index (Phi) is 9.10. The number of aromatic nitrogens is 3. The van der Waals surface area contributed by atoms with Crippen molar-refractivity contribution in [2.24, 2.45) is 5.73 Å². The van der Waals surface area contributed by atoms with Gasteiger partial charge in [-0.15, -0.1) is 0 Å². The van der Waals surface area contributed by atoms with Gasteiger partial charge in [0.1, 0.15) is 17.5 Å². The summed E-state index contributed by atoms with van der Waals surface area (Å²) in [5, 5.41) is 17.1. The van der Waals surface area contributed by atoms with E-state index in [1.54, 1.807) is 18.3 Å². The van der Waals surface area contributed by atoms with Gasteiger partial charge in [-0.1, -0.05) is 44.2 Å². The largest absolute Gasteiger partial charge is 0.508 e. The van der Waals surface area contributed by atoms with Gasteiger partial charge in [0.25, 0.3) is 0 Å². The van der Waals surface area contributed by atoms with E-state index in [0.29, 0.717) is 12.3 Å². The molecule has 0 radical (unpaired) electrons. The standard InChI is InChI=1S/C31H35N5O3/c1-21(2)23-12-14-24(15-13-23)36-25(20-28(35-36)27-8-5-6-18-33-27)7-3-4-9-30(38)34-29(31(32)39)19-22-10-16-26(37)17-11-22/h5-6,8,10-18,20-21,29,37H,3-4,7,9,19H2,1-2H3,(H2,32,39)(H,34,38)/t29-/m1/s1. The fourth-order valence-electron chi connectivity index (χ4n) is 4.41. The number of rotatable bonds is 12. The van der Waals surface area contributed by atoms with Crippen LogP contribution in [0, 0.1) is 0 Å². The first-order valence-electron chi connectivity index (χ1n) is 13.3. The van der Waals surface area contributed by atoms with Gasteiger partial charge in [-0.05, 0) is 78.8 Å². The Morgan fingerprint density at radius 1 is 0.974 bits per heavy atom. The van der Waals surface area contributed by atoms with E-state index in [0.717, 1.165) is 41.2 Å². The maximum Gasteiger partial charge on any atom is 0.240 e. The van der Waals surface area contributed by atoms with Crippen LogP contribution in [0.1, 0.15) is 55.8 Å². The van der Waals surface area contributed by atoms with Gasteiger partial charge in [0, 0.05) is 24.7 Å². The number of pyridine rings is 1. The number of hydrogen-bond donors (Lipinski definition) is 3. The van der Waals surface area contributed by atoms with Crippen LogP contribution >= 0.6 is 0 Å². The Morgan fingerprint density at radius 2 is 1.72 bits per heavy atom. The topological polar surface area (TPSA) is 123 Å². The molecule has 2 amide bonds. The average molecular weight is 526 g/mol. The smallest absolute Gasteiger partial charge is 0.240 e. The summed E-state index contributed by atoms with van der Waals surface area (Å²) < 4.78 is 1.95. The quantitative estimate of drug-likeness (QED) is 0.232. The number of amides is 2. The number of hydrogen-bond acceptors (Lipinski definition) is 5. The zero-order valence-corrected chi connectivity index (χ0v) is 22.4. The van der Waals surface area contributed by atoms with Crippen molar-refractivity contribution in [3.63, 3.8) is 0 Å². The summed E-state index contributed by atoms with van der Waals surface area (Å²) in [4.78, 5) is 29.0. The molecular formula is C31H35N5O3. The predicted octanol–water partition coefficient (Wildman–Crippen LogP) is 4.69. The molecule has 8 heteroatoms. The molecule has 4 rings (SSSR count). The maximum absolute atomic E-state index is 12.6. The first-order chi connectivity index (χ1) is 18.8. The molecule has 0 unspecified atom stereocenters. The predicted molar refractivity (Wildman–Crippen MR) is 151 cm³/mol. The summed E-state index contributed by atoms with van der Waals surface area (Å²) in [6.07, 6.45) is 4.45. The van der Waals surface area contributed by atoms with Gasteiger partial charge >= 0.3 is 0 Å². The Morgan fingerprint density at radius 3 is 2.36 bits per heavy atom. The van der Waals surface area contributed by atoms with Crippen molar-refractivity contribution < 1.29 is 14.7 Å². The van der Waals surface area contributed by atoms with E-state index in [2.05, 4.69) is 54.5 Å². The minimum atomic E-state index is -0.807. The number of unbranched alkanes of at least 4 members (excludes halogenated alkanes) is 1. The van der Waals surface area contributed by atoms with Crippen LogP contribution < -0.4 is 11.1 Å². The highest BCUT2D eigenvalue weighted by atomic mass is 16.3. The van der Waals surface area contributed by atoms with Crippen molar-refractivity contribution >= 4 is 11.8 Å². The van der Waals surface area contributed by atoms with Crippen molar-refractivity contribution in [3.05, 3.63) is 95.8 Å². The third kappa shape index (κ3) is 7.54. The van der Waals surface area contributed by atoms with Crippen molar-refractivity contribution in [2.45, 2.75) is 57.9 Å². The van der Waals surface area contributed by atoms with Gasteiger partial charge in [0.15, 0.2) is 0 Å². The Balaban J connectivity index is 1.39. The molecular weight excluding hydrogens is 490 g/mol. The van der Waals surface area contributed by atoms with Crippen LogP contribution in [0.3, 0.4) is 0 Å². The molecule has 202 valence electrons. The van der Waals surface area contributed by atoms with E-state index >= 15 is 0 Å². The van der Waals surface area contributed by atoms with Gasteiger partial charge in [-0.3, -0.25) is 14.6 Å². The molecule has 4 aromatic rings. The lowest BCUT2D eigenvalue weighted by molar-refractivity contribution is -0.127. The summed E-state index contributed by atoms with van der Waals surface area (Å²) >= 11 is 0. The highest BCUT2D eigenvalue weighted by Crippen LogP contribution is 2.23. The molecule has 0 aliphatic heterocycles. The molecule has 0 saturated heterocycles. The number of nitrogens with zero attached hydrogens (tertiary/aromatic N) is 3. The zero-order chi connectivity index (χ0) is 27.8. The fourth-order valence-corrected chi connectivity index (χ4v) is 4.41. The molecule has 0 spiro atoms. The highest BCUT2D eigenvalue weighted by molar-refractivity contribution is 5.86. The number of phenolic OH excluding ortho intramolecular Hbond substituents is 1. The minimum absolute atomic E-state index is 0.138. The lowest BCUT2D eigenvalue weighted by atomic mass is 10.0. The molecule has 0 saturated carbocycles. The highest BCUT2D eigenvalue weighted by Gasteiger charge is 2.19. The van der Waals surface area contributed by atoms with Crippen LogP contribution in [-0.2, 0) is 22.4 Å². The third-order valence-corrected chi connectivity index (χ3v) is 6.66. The summed E-state index contributed by atoms with van der Waals surface area (Å²) in [6.45, 7) is 4.34. The molecule has 0 aliphatic carbocycles.